The highest BCUT2D eigenvalue weighted by Gasteiger charge is 2.25. The molecular weight excluding hydrogens is 330 g/mol. The van der Waals surface area contributed by atoms with Gasteiger partial charge in [0.25, 0.3) is 0 Å². The number of hydrogen-bond acceptors (Lipinski definition) is 5. The summed E-state index contributed by atoms with van der Waals surface area (Å²) in [5, 5.41) is 7.47. The maximum Gasteiger partial charge on any atom is 0.224 e. The highest BCUT2D eigenvalue weighted by molar-refractivity contribution is 5.79. The molecule has 0 spiro atoms. The van der Waals surface area contributed by atoms with Crippen LogP contribution in [0.5, 0.6) is 5.75 Å². The number of fused-ring (bicyclic) bond motifs is 1. The van der Waals surface area contributed by atoms with Gasteiger partial charge in [-0.2, -0.15) is 9.61 Å². The summed E-state index contributed by atoms with van der Waals surface area (Å²) >= 11 is 0. The summed E-state index contributed by atoms with van der Waals surface area (Å²) in [5.74, 6) is 1.84. The minimum Gasteiger partial charge on any atom is -0.497 e. The highest BCUT2D eigenvalue weighted by Crippen LogP contribution is 2.20. The van der Waals surface area contributed by atoms with Crippen LogP contribution in [0.15, 0.2) is 48.8 Å². The quantitative estimate of drug-likeness (QED) is 0.757. The molecule has 0 saturated carbocycles. The highest BCUT2D eigenvalue weighted by atomic mass is 16.5. The SMILES string of the molecule is COc1ccc(CC(=O)NC2CCN(c3ccnc4ccnn34)C2)cc1. The molecule has 1 amide bonds. The molecule has 3 heterocycles. The van der Waals surface area contributed by atoms with E-state index in [1.165, 1.54) is 0 Å². The molecule has 134 valence electrons. The number of hydrogen-bond donors (Lipinski definition) is 1. The van der Waals surface area contributed by atoms with Crippen LogP contribution in [-0.4, -0.2) is 46.7 Å². The molecule has 0 bridgehead atoms. The number of nitrogens with one attached hydrogen (secondary N) is 1. The van der Waals surface area contributed by atoms with Crippen LogP contribution in [0.1, 0.15) is 12.0 Å². The zero-order chi connectivity index (χ0) is 17.9. The number of amides is 1. The third kappa shape index (κ3) is 3.33. The molecule has 1 aliphatic rings. The van der Waals surface area contributed by atoms with Gasteiger partial charge >= 0.3 is 0 Å². The number of carbonyl (C=O) groups excluding carboxylic acids is 1. The van der Waals surface area contributed by atoms with Crippen LogP contribution in [0.2, 0.25) is 0 Å². The van der Waals surface area contributed by atoms with Crippen molar-refractivity contribution in [3.8, 4) is 5.75 Å². The summed E-state index contributed by atoms with van der Waals surface area (Å²) in [6.07, 6.45) is 4.83. The molecule has 1 atom stereocenters. The summed E-state index contributed by atoms with van der Waals surface area (Å²) in [6.45, 7) is 1.65. The second kappa shape index (κ2) is 7.03. The molecule has 1 aromatic carbocycles. The number of rotatable bonds is 5. The van der Waals surface area contributed by atoms with E-state index in [2.05, 4.69) is 20.3 Å². The fourth-order valence-electron chi connectivity index (χ4n) is 3.35. The van der Waals surface area contributed by atoms with E-state index in [9.17, 15) is 4.79 Å². The first-order valence-corrected chi connectivity index (χ1v) is 8.69. The number of ether oxygens (including phenoxy) is 1. The fourth-order valence-corrected chi connectivity index (χ4v) is 3.35. The zero-order valence-electron chi connectivity index (χ0n) is 14.6. The zero-order valence-corrected chi connectivity index (χ0v) is 14.6. The Balaban J connectivity index is 1.36. The Morgan fingerprint density at radius 3 is 2.88 bits per heavy atom. The lowest BCUT2D eigenvalue weighted by Gasteiger charge is -2.19. The maximum atomic E-state index is 12.3. The lowest BCUT2D eigenvalue weighted by molar-refractivity contribution is -0.121. The first kappa shape index (κ1) is 16.4. The van der Waals surface area contributed by atoms with Gasteiger partial charge in [-0.3, -0.25) is 4.79 Å². The summed E-state index contributed by atoms with van der Waals surface area (Å²) in [4.78, 5) is 18.9. The molecule has 3 aromatic rings. The summed E-state index contributed by atoms with van der Waals surface area (Å²) in [6, 6.07) is 11.6. The van der Waals surface area contributed by atoms with Gasteiger partial charge in [-0.15, -0.1) is 0 Å². The monoisotopic (exact) mass is 351 g/mol. The average molecular weight is 351 g/mol. The number of methoxy groups -OCH3 is 1. The lowest BCUT2D eigenvalue weighted by Crippen LogP contribution is -2.38. The fraction of sp³-hybridized carbons (Fsp3) is 0.316. The molecule has 1 saturated heterocycles. The molecule has 2 aromatic heterocycles. The van der Waals surface area contributed by atoms with Crippen molar-refractivity contribution in [1.82, 2.24) is 19.9 Å². The van der Waals surface area contributed by atoms with Crippen molar-refractivity contribution in [3.63, 3.8) is 0 Å². The summed E-state index contributed by atoms with van der Waals surface area (Å²) in [7, 11) is 1.63. The Kier molecular flexibility index (Phi) is 4.43. The molecule has 1 unspecified atom stereocenters. The van der Waals surface area contributed by atoms with Crippen molar-refractivity contribution in [2.75, 3.05) is 25.1 Å². The van der Waals surface area contributed by atoms with E-state index >= 15 is 0 Å². The Labute approximate surface area is 151 Å². The van der Waals surface area contributed by atoms with Crippen molar-refractivity contribution in [2.24, 2.45) is 0 Å². The van der Waals surface area contributed by atoms with Crippen LogP contribution in [0.4, 0.5) is 5.82 Å². The molecule has 0 radical (unpaired) electrons. The molecule has 0 aliphatic carbocycles. The van der Waals surface area contributed by atoms with Gasteiger partial charge < -0.3 is 15.0 Å². The van der Waals surface area contributed by atoms with E-state index in [0.717, 1.165) is 42.3 Å². The van der Waals surface area contributed by atoms with Gasteiger partial charge in [0, 0.05) is 31.4 Å². The van der Waals surface area contributed by atoms with Gasteiger partial charge in [0.05, 0.1) is 19.7 Å². The van der Waals surface area contributed by atoms with E-state index in [0.29, 0.717) is 6.42 Å². The number of anilines is 1. The Bertz CT molecular complexity index is 906. The number of benzene rings is 1. The second-order valence-electron chi connectivity index (χ2n) is 6.43. The average Bonchev–Trinajstić information content (AvgIpc) is 3.31. The van der Waals surface area contributed by atoms with Crippen molar-refractivity contribution in [3.05, 3.63) is 54.4 Å². The molecular formula is C19H21N5O2. The van der Waals surface area contributed by atoms with E-state index in [4.69, 9.17) is 4.74 Å². The van der Waals surface area contributed by atoms with Gasteiger partial charge in [0.1, 0.15) is 11.6 Å². The smallest absolute Gasteiger partial charge is 0.224 e. The molecule has 1 aliphatic heterocycles. The largest absolute Gasteiger partial charge is 0.497 e. The van der Waals surface area contributed by atoms with Gasteiger partial charge in [0.2, 0.25) is 5.91 Å². The third-order valence-electron chi connectivity index (χ3n) is 4.67. The van der Waals surface area contributed by atoms with Crippen LogP contribution in [0.25, 0.3) is 5.65 Å². The van der Waals surface area contributed by atoms with Crippen LogP contribution in [-0.2, 0) is 11.2 Å². The Morgan fingerprint density at radius 1 is 1.23 bits per heavy atom. The van der Waals surface area contributed by atoms with Crippen molar-refractivity contribution in [2.45, 2.75) is 18.9 Å². The normalized spacial score (nSPS) is 16.8. The molecule has 1 fully saturated rings. The minimum absolute atomic E-state index is 0.0426. The Hall–Kier alpha value is -3.09. The van der Waals surface area contributed by atoms with Crippen LogP contribution in [0, 0.1) is 0 Å². The summed E-state index contributed by atoms with van der Waals surface area (Å²) in [5.41, 5.74) is 1.81. The van der Waals surface area contributed by atoms with Crippen molar-refractivity contribution < 1.29 is 9.53 Å². The maximum absolute atomic E-state index is 12.3. The van der Waals surface area contributed by atoms with Crippen molar-refractivity contribution in [1.29, 1.82) is 0 Å². The molecule has 7 heteroatoms. The molecule has 1 N–H and O–H groups in total. The van der Waals surface area contributed by atoms with Crippen molar-refractivity contribution >= 4 is 17.4 Å². The van der Waals surface area contributed by atoms with Crippen LogP contribution < -0.4 is 15.0 Å². The third-order valence-corrected chi connectivity index (χ3v) is 4.67. The van der Waals surface area contributed by atoms with E-state index < -0.39 is 0 Å². The molecule has 4 rings (SSSR count). The summed E-state index contributed by atoms with van der Waals surface area (Å²) < 4.78 is 6.98. The lowest BCUT2D eigenvalue weighted by atomic mass is 10.1. The van der Waals surface area contributed by atoms with E-state index in [1.54, 1.807) is 19.5 Å². The topological polar surface area (TPSA) is 71.8 Å². The van der Waals surface area contributed by atoms with Gasteiger partial charge in [-0.1, -0.05) is 12.1 Å². The first-order valence-electron chi connectivity index (χ1n) is 8.69. The Morgan fingerprint density at radius 2 is 2.08 bits per heavy atom. The van der Waals surface area contributed by atoms with E-state index in [1.807, 2.05) is 40.9 Å². The van der Waals surface area contributed by atoms with Gasteiger partial charge in [0.15, 0.2) is 5.65 Å². The predicted octanol–water partition coefficient (Wildman–Crippen LogP) is 1.68. The second-order valence-corrected chi connectivity index (χ2v) is 6.43. The number of nitrogens with zero attached hydrogens (tertiary/aromatic N) is 4. The molecule has 26 heavy (non-hydrogen) atoms. The number of carbonyl (C=O) groups is 1. The first-order chi connectivity index (χ1) is 12.7. The van der Waals surface area contributed by atoms with Crippen LogP contribution >= 0.6 is 0 Å². The van der Waals surface area contributed by atoms with E-state index in [-0.39, 0.29) is 11.9 Å². The molecule has 7 nitrogen and oxygen atoms in total. The van der Waals surface area contributed by atoms with Gasteiger partial charge in [-0.05, 0) is 30.2 Å². The predicted molar refractivity (Wildman–Crippen MR) is 98.4 cm³/mol. The van der Waals surface area contributed by atoms with Gasteiger partial charge in [-0.25, -0.2) is 4.98 Å². The number of aromatic nitrogens is 3. The minimum atomic E-state index is 0.0426. The van der Waals surface area contributed by atoms with Crippen LogP contribution in [0.3, 0.4) is 0 Å². The standard InChI is InChI=1S/C19H21N5O2/c1-26-16-4-2-14(3-5-16)12-18(25)22-15-8-11-23(13-15)19-7-9-20-17-6-10-21-24(17)19/h2-7,9-10,15H,8,11-13H2,1H3,(H,22,25).